The zero-order valence-electron chi connectivity index (χ0n) is 15.2. The number of carbonyl (C=O) groups excluding carboxylic acids is 2. The Balaban J connectivity index is 1.56. The summed E-state index contributed by atoms with van der Waals surface area (Å²) in [5, 5.41) is 4.99. The number of piperidine rings is 1. The fourth-order valence-electron chi connectivity index (χ4n) is 3.19. The molecule has 0 radical (unpaired) electrons. The molecule has 1 fully saturated rings. The third kappa shape index (κ3) is 4.46. The lowest BCUT2D eigenvalue weighted by Gasteiger charge is -2.34. The Kier molecular flexibility index (Phi) is 5.98. The topological polar surface area (TPSA) is 65.8 Å². The molecule has 0 aromatic carbocycles. The number of aryl methyl sites for hydroxylation is 1. The quantitative estimate of drug-likeness (QED) is 0.870. The van der Waals surface area contributed by atoms with Gasteiger partial charge in [-0.25, -0.2) is 4.79 Å². The number of hydrogen-bond acceptors (Lipinski definition) is 4. The number of amides is 3. The van der Waals surface area contributed by atoms with Crippen LogP contribution in [0, 0.1) is 6.92 Å². The summed E-state index contributed by atoms with van der Waals surface area (Å²) in [6.07, 6.45) is 1.78. The van der Waals surface area contributed by atoms with Crippen LogP contribution in [0.25, 0.3) is 0 Å². The number of nitrogens with zero attached hydrogens (tertiary/aromatic N) is 2. The molecule has 1 N–H and O–H groups in total. The van der Waals surface area contributed by atoms with Gasteiger partial charge in [0.2, 0.25) is 0 Å². The molecule has 0 unspecified atom stereocenters. The Bertz CT molecular complexity index is 741. The third-order valence-electron chi connectivity index (χ3n) is 4.58. The van der Waals surface area contributed by atoms with Crippen LogP contribution >= 0.6 is 11.3 Å². The molecule has 2 aromatic rings. The van der Waals surface area contributed by atoms with Gasteiger partial charge in [0, 0.05) is 25.7 Å². The van der Waals surface area contributed by atoms with E-state index in [2.05, 4.69) is 5.32 Å². The highest BCUT2D eigenvalue weighted by Crippen LogP contribution is 2.17. The van der Waals surface area contributed by atoms with E-state index in [-0.39, 0.29) is 18.0 Å². The average molecular weight is 375 g/mol. The van der Waals surface area contributed by atoms with E-state index in [4.69, 9.17) is 4.42 Å². The van der Waals surface area contributed by atoms with Crippen molar-refractivity contribution in [3.05, 3.63) is 46.0 Å². The number of urea groups is 1. The molecule has 1 aliphatic rings. The van der Waals surface area contributed by atoms with E-state index in [1.165, 1.54) is 11.3 Å². The second-order valence-electron chi connectivity index (χ2n) is 6.54. The highest BCUT2D eigenvalue weighted by Gasteiger charge is 2.27. The number of furan rings is 1. The monoisotopic (exact) mass is 375 g/mol. The molecule has 6 nitrogen and oxygen atoms in total. The number of nitrogens with one attached hydrogen (secondary N) is 1. The van der Waals surface area contributed by atoms with Gasteiger partial charge in [-0.1, -0.05) is 6.07 Å². The van der Waals surface area contributed by atoms with E-state index in [9.17, 15) is 9.59 Å². The molecule has 7 heteroatoms. The summed E-state index contributed by atoms with van der Waals surface area (Å²) in [6, 6.07) is 7.39. The van der Waals surface area contributed by atoms with Crippen molar-refractivity contribution in [2.75, 3.05) is 19.6 Å². The van der Waals surface area contributed by atoms with Crippen LogP contribution in [0.4, 0.5) is 4.79 Å². The number of carbonyl (C=O) groups is 2. The van der Waals surface area contributed by atoms with Crippen LogP contribution in [0.3, 0.4) is 0 Å². The first-order valence-corrected chi connectivity index (χ1v) is 9.88. The van der Waals surface area contributed by atoms with Gasteiger partial charge in [0.15, 0.2) is 0 Å². The van der Waals surface area contributed by atoms with Crippen LogP contribution < -0.4 is 5.32 Å². The summed E-state index contributed by atoms with van der Waals surface area (Å²) in [5.74, 6) is 1.67. The first-order chi connectivity index (χ1) is 12.6. The fraction of sp³-hybridized carbons (Fsp3) is 0.474. The SMILES string of the molecule is CCN(Cc1ccc(C)o1)C(=O)N[C@@H]1CCCN(C(=O)c2cccs2)C1. The van der Waals surface area contributed by atoms with Crippen LogP contribution in [-0.4, -0.2) is 47.4 Å². The third-order valence-corrected chi connectivity index (χ3v) is 5.44. The first-order valence-electron chi connectivity index (χ1n) is 9.00. The van der Waals surface area contributed by atoms with Gasteiger partial charge in [-0.2, -0.15) is 0 Å². The number of thiophene rings is 1. The van der Waals surface area contributed by atoms with Gasteiger partial charge in [0.25, 0.3) is 5.91 Å². The summed E-state index contributed by atoms with van der Waals surface area (Å²) in [4.78, 5) is 29.5. The maximum atomic E-state index is 12.6. The lowest BCUT2D eigenvalue weighted by molar-refractivity contribution is 0.0699. The van der Waals surface area contributed by atoms with Crippen molar-refractivity contribution in [3.8, 4) is 0 Å². The van der Waals surface area contributed by atoms with E-state index in [1.54, 1.807) is 4.90 Å². The average Bonchev–Trinajstić information content (AvgIpc) is 3.31. The molecule has 0 bridgehead atoms. The van der Waals surface area contributed by atoms with Gasteiger partial charge in [-0.15, -0.1) is 11.3 Å². The maximum absolute atomic E-state index is 12.6. The molecule has 26 heavy (non-hydrogen) atoms. The molecular weight excluding hydrogens is 350 g/mol. The molecule has 1 saturated heterocycles. The van der Waals surface area contributed by atoms with Gasteiger partial charge < -0.3 is 19.5 Å². The Morgan fingerprint density at radius 2 is 2.23 bits per heavy atom. The standard InChI is InChI=1S/C19H25N3O3S/c1-3-21(13-16-9-8-14(2)25-16)19(24)20-15-6-4-10-22(12-15)18(23)17-7-5-11-26-17/h5,7-9,11,15H,3-4,6,10,12-13H2,1-2H3,(H,20,24)/t15-/m1/s1. The normalized spacial score (nSPS) is 17.2. The van der Waals surface area contributed by atoms with E-state index in [0.717, 1.165) is 35.8 Å². The Morgan fingerprint density at radius 1 is 1.38 bits per heavy atom. The summed E-state index contributed by atoms with van der Waals surface area (Å²) >= 11 is 1.45. The molecule has 0 aliphatic carbocycles. The minimum atomic E-state index is -0.114. The molecule has 2 aromatic heterocycles. The largest absolute Gasteiger partial charge is 0.464 e. The number of hydrogen-bond donors (Lipinski definition) is 1. The van der Waals surface area contributed by atoms with Gasteiger partial charge in [-0.05, 0) is 50.3 Å². The first kappa shape index (κ1) is 18.5. The minimum Gasteiger partial charge on any atom is -0.464 e. The van der Waals surface area contributed by atoms with Gasteiger partial charge >= 0.3 is 6.03 Å². The predicted molar refractivity (Wildman–Crippen MR) is 101 cm³/mol. The number of likely N-dealkylation sites (tertiary alicyclic amines) is 1. The zero-order valence-corrected chi connectivity index (χ0v) is 16.1. The van der Waals surface area contributed by atoms with Crippen molar-refractivity contribution in [3.63, 3.8) is 0 Å². The van der Waals surface area contributed by atoms with Crippen LogP contribution in [0.5, 0.6) is 0 Å². The van der Waals surface area contributed by atoms with Crippen molar-refractivity contribution >= 4 is 23.3 Å². The van der Waals surface area contributed by atoms with E-state index in [0.29, 0.717) is 19.6 Å². The van der Waals surface area contributed by atoms with Crippen molar-refractivity contribution in [1.82, 2.24) is 15.1 Å². The van der Waals surface area contributed by atoms with Gasteiger partial charge in [0.05, 0.1) is 11.4 Å². The van der Waals surface area contributed by atoms with Gasteiger partial charge in [0.1, 0.15) is 11.5 Å². The highest BCUT2D eigenvalue weighted by atomic mass is 32.1. The molecule has 140 valence electrons. The zero-order chi connectivity index (χ0) is 18.5. The second-order valence-corrected chi connectivity index (χ2v) is 7.49. The van der Waals surface area contributed by atoms with E-state index < -0.39 is 0 Å². The molecule has 1 atom stereocenters. The van der Waals surface area contributed by atoms with Crippen LogP contribution in [0.1, 0.15) is 41.0 Å². The lowest BCUT2D eigenvalue weighted by atomic mass is 10.1. The van der Waals surface area contributed by atoms with Crippen LogP contribution in [0.2, 0.25) is 0 Å². The second kappa shape index (κ2) is 8.40. The number of rotatable bonds is 5. The lowest BCUT2D eigenvalue weighted by Crippen LogP contribution is -2.52. The Hall–Kier alpha value is -2.28. The molecule has 3 rings (SSSR count). The van der Waals surface area contributed by atoms with Crippen LogP contribution in [0.15, 0.2) is 34.1 Å². The summed E-state index contributed by atoms with van der Waals surface area (Å²) < 4.78 is 5.57. The molecule has 3 amide bonds. The maximum Gasteiger partial charge on any atom is 0.318 e. The molecule has 3 heterocycles. The van der Waals surface area contributed by atoms with E-state index >= 15 is 0 Å². The highest BCUT2D eigenvalue weighted by molar-refractivity contribution is 7.12. The van der Waals surface area contributed by atoms with Crippen LogP contribution in [-0.2, 0) is 6.54 Å². The van der Waals surface area contributed by atoms with Crippen molar-refractivity contribution in [2.45, 2.75) is 39.3 Å². The van der Waals surface area contributed by atoms with Crippen molar-refractivity contribution in [2.24, 2.45) is 0 Å². The molecule has 1 aliphatic heterocycles. The fourth-order valence-corrected chi connectivity index (χ4v) is 3.88. The van der Waals surface area contributed by atoms with Crippen molar-refractivity contribution < 1.29 is 14.0 Å². The van der Waals surface area contributed by atoms with Gasteiger partial charge in [-0.3, -0.25) is 4.79 Å². The predicted octanol–water partition coefficient (Wildman–Crippen LogP) is 3.49. The summed E-state index contributed by atoms with van der Waals surface area (Å²) in [5.41, 5.74) is 0. The summed E-state index contributed by atoms with van der Waals surface area (Å²) in [6.45, 7) is 6.17. The van der Waals surface area contributed by atoms with E-state index in [1.807, 2.05) is 48.4 Å². The Labute approximate surface area is 157 Å². The molecule has 0 saturated carbocycles. The summed E-state index contributed by atoms with van der Waals surface area (Å²) in [7, 11) is 0. The Morgan fingerprint density at radius 3 is 2.88 bits per heavy atom. The minimum absolute atomic E-state index is 0.0208. The molecular formula is C19H25N3O3S. The smallest absolute Gasteiger partial charge is 0.318 e. The van der Waals surface area contributed by atoms with Crippen molar-refractivity contribution in [1.29, 1.82) is 0 Å². The molecule has 0 spiro atoms.